The minimum Gasteiger partial charge on any atom is -0.481 e. The van der Waals surface area contributed by atoms with Gasteiger partial charge in [-0.15, -0.1) is 11.6 Å². The molecule has 1 aliphatic carbocycles. The van der Waals surface area contributed by atoms with Gasteiger partial charge in [-0.3, -0.25) is 0 Å². The van der Waals surface area contributed by atoms with E-state index in [4.69, 9.17) is 21.3 Å². The number of pyridine rings is 1. The number of nitrogens with zero attached hydrogens (tertiary/aromatic N) is 3. The Morgan fingerprint density at radius 2 is 2.24 bits per heavy atom. The van der Waals surface area contributed by atoms with Crippen LogP contribution in [0.5, 0.6) is 5.88 Å². The monoisotopic (exact) mass is 325 g/mol. The molecule has 2 aromatic heterocycles. The second kappa shape index (κ2) is 6.44. The third-order valence-corrected chi connectivity index (χ3v) is 5.51. The number of halogens is 1. The average Bonchev–Trinajstić information content (AvgIpc) is 3.09. The van der Waals surface area contributed by atoms with Gasteiger partial charge in [-0.2, -0.15) is 16.7 Å². The number of aryl methyl sites for hydroxylation is 1. The highest BCUT2D eigenvalue weighted by atomic mass is 35.5. The molecule has 1 fully saturated rings. The van der Waals surface area contributed by atoms with Gasteiger partial charge in [0.1, 0.15) is 11.3 Å². The Labute approximate surface area is 134 Å². The largest absolute Gasteiger partial charge is 0.481 e. The Hall–Kier alpha value is -0.940. The predicted molar refractivity (Wildman–Crippen MR) is 88.7 cm³/mol. The van der Waals surface area contributed by atoms with Gasteiger partial charge in [0.25, 0.3) is 0 Å². The molecule has 4 nitrogen and oxygen atoms in total. The van der Waals surface area contributed by atoms with Crippen molar-refractivity contribution in [1.29, 1.82) is 0 Å². The lowest BCUT2D eigenvalue weighted by atomic mass is 10.2. The predicted octanol–water partition coefficient (Wildman–Crippen LogP) is 3.68. The number of thioether (sulfide) groups is 1. The molecule has 0 spiro atoms. The molecular weight excluding hydrogens is 306 g/mol. The smallest absolute Gasteiger partial charge is 0.215 e. The first-order valence-corrected chi connectivity index (χ1v) is 9.11. The zero-order chi connectivity index (χ0) is 14.8. The molecule has 0 amide bonds. The van der Waals surface area contributed by atoms with Gasteiger partial charge in [0, 0.05) is 29.7 Å². The molecule has 1 aliphatic rings. The van der Waals surface area contributed by atoms with E-state index in [-0.39, 0.29) is 0 Å². The van der Waals surface area contributed by atoms with Gasteiger partial charge >= 0.3 is 0 Å². The molecule has 2 atom stereocenters. The van der Waals surface area contributed by atoms with E-state index >= 15 is 0 Å². The summed E-state index contributed by atoms with van der Waals surface area (Å²) in [4.78, 5) is 9.38. The zero-order valence-electron chi connectivity index (χ0n) is 12.4. The van der Waals surface area contributed by atoms with Crippen LogP contribution in [0.15, 0.2) is 12.1 Å². The summed E-state index contributed by atoms with van der Waals surface area (Å²) in [7, 11) is 1.65. The van der Waals surface area contributed by atoms with Gasteiger partial charge < -0.3 is 9.30 Å². The van der Waals surface area contributed by atoms with E-state index in [1.54, 1.807) is 7.11 Å². The lowest BCUT2D eigenvalue weighted by Crippen LogP contribution is -2.19. The quantitative estimate of drug-likeness (QED) is 0.786. The molecule has 2 heterocycles. The van der Waals surface area contributed by atoms with Crippen molar-refractivity contribution < 1.29 is 4.74 Å². The van der Waals surface area contributed by atoms with Crippen molar-refractivity contribution in [1.82, 2.24) is 14.5 Å². The van der Waals surface area contributed by atoms with Crippen molar-refractivity contribution in [2.75, 3.05) is 19.2 Å². The van der Waals surface area contributed by atoms with Crippen LogP contribution in [-0.2, 0) is 6.42 Å². The van der Waals surface area contributed by atoms with Crippen molar-refractivity contribution in [3.8, 4) is 5.88 Å². The number of hydrogen-bond donors (Lipinski definition) is 0. The van der Waals surface area contributed by atoms with E-state index in [9.17, 15) is 0 Å². The normalized spacial score (nSPS) is 22.0. The third kappa shape index (κ3) is 2.73. The molecule has 2 aromatic rings. The molecule has 0 radical (unpaired) electrons. The Balaban J connectivity index is 2.14. The maximum atomic E-state index is 5.97. The molecule has 3 rings (SSSR count). The van der Waals surface area contributed by atoms with Crippen molar-refractivity contribution in [2.45, 2.75) is 37.0 Å². The highest BCUT2D eigenvalue weighted by Gasteiger charge is 2.31. The molecule has 0 saturated heterocycles. The summed E-state index contributed by atoms with van der Waals surface area (Å²) in [6, 6.07) is 4.31. The SMILES string of the molecule is COc1ccc2nc(CCCl)n(C3CCCC3SC)c2n1. The molecule has 1 saturated carbocycles. The molecular formula is C15H20ClN3OS. The van der Waals surface area contributed by atoms with Crippen LogP contribution in [0.4, 0.5) is 0 Å². The van der Waals surface area contributed by atoms with Gasteiger partial charge in [-0.05, 0) is 25.2 Å². The molecule has 2 unspecified atom stereocenters. The molecule has 6 heteroatoms. The van der Waals surface area contributed by atoms with E-state index in [1.807, 2.05) is 23.9 Å². The topological polar surface area (TPSA) is 39.9 Å². The number of ether oxygens (including phenoxy) is 1. The summed E-state index contributed by atoms with van der Waals surface area (Å²) >= 11 is 7.91. The zero-order valence-corrected chi connectivity index (χ0v) is 14.0. The number of fused-ring (bicyclic) bond motifs is 1. The van der Waals surface area contributed by atoms with Crippen LogP contribution in [0.2, 0.25) is 0 Å². The first kappa shape index (κ1) is 15.0. The number of aromatic nitrogens is 3. The lowest BCUT2D eigenvalue weighted by Gasteiger charge is -2.22. The minimum absolute atomic E-state index is 0.461. The summed E-state index contributed by atoms with van der Waals surface area (Å²) in [6.45, 7) is 0. The first-order valence-electron chi connectivity index (χ1n) is 7.29. The van der Waals surface area contributed by atoms with E-state index in [1.165, 1.54) is 19.3 Å². The molecule has 0 N–H and O–H groups in total. The summed E-state index contributed by atoms with van der Waals surface area (Å²) < 4.78 is 7.59. The second-order valence-corrected chi connectivity index (χ2v) is 6.76. The van der Waals surface area contributed by atoms with Crippen LogP contribution < -0.4 is 4.74 Å². The number of rotatable bonds is 5. The van der Waals surface area contributed by atoms with Gasteiger partial charge in [0.15, 0.2) is 5.65 Å². The molecule has 0 aromatic carbocycles. The van der Waals surface area contributed by atoms with Gasteiger partial charge in [0.2, 0.25) is 5.88 Å². The minimum atomic E-state index is 0.461. The molecule has 0 bridgehead atoms. The average molecular weight is 326 g/mol. The summed E-state index contributed by atoms with van der Waals surface area (Å²) in [5.41, 5.74) is 1.86. The van der Waals surface area contributed by atoms with Crippen molar-refractivity contribution in [2.24, 2.45) is 0 Å². The van der Waals surface area contributed by atoms with Gasteiger partial charge in [-0.25, -0.2) is 4.98 Å². The number of hydrogen-bond acceptors (Lipinski definition) is 4. The molecule has 21 heavy (non-hydrogen) atoms. The standard InChI is InChI=1S/C15H20ClN3OS/c1-20-14-7-6-10-15(18-14)19(13(17-10)8-9-16)11-4-3-5-12(11)21-2/h6-7,11-12H,3-5,8-9H2,1-2H3. The molecule has 114 valence electrons. The fourth-order valence-electron chi connectivity index (χ4n) is 3.20. The second-order valence-electron chi connectivity index (χ2n) is 5.31. The van der Waals surface area contributed by atoms with Gasteiger partial charge in [-0.1, -0.05) is 6.42 Å². The Bertz CT molecular complexity index is 631. The van der Waals surface area contributed by atoms with E-state index in [2.05, 4.69) is 15.8 Å². The van der Waals surface area contributed by atoms with E-state index in [0.717, 1.165) is 23.4 Å². The Kier molecular flexibility index (Phi) is 4.60. The maximum Gasteiger partial charge on any atom is 0.215 e. The number of methoxy groups -OCH3 is 1. The van der Waals surface area contributed by atoms with Crippen LogP contribution in [0.3, 0.4) is 0 Å². The number of alkyl halides is 1. The fourth-order valence-corrected chi connectivity index (χ4v) is 4.35. The van der Waals surface area contributed by atoms with Crippen LogP contribution in [0, 0.1) is 0 Å². The molecule has 0 aliphatic heterocycles. The van der Waals surface area contributed by atoms with Crippen molar-refractivity contribution in [3.05, 3.63) is 18.0 Å². The Morgan fingerprint density at radius 1 is 1.38 bits per heavy atom. The van der Waals surface area contributed by atoms with E-state index in [0.29, 0.717) is 23.1 Å². The summed E-state index contributed by atoms with van der Waals surface area (Å²) in [6.07, 6.45) is 6.68. The van der Waals surface area contributed by atoms with Crippen molar-refractivity contribution in [3.63, 3.8) is 0 Å². The first-order chi connectivity index (χ1) is 10.3. The number of imidazole rings is 1. The van der Waals surface area contributed by atoms with Crippen LogP contribution >= 0.6 is 23.4 Å². The Morgan fingerprint density at radius 3 is 2.95 bits per heavy atom. The highest BCUT2D eigenvalue weighted by Crippen LogP contribution is 2.39. The van der Waals surface area contributed by atoms with E-state index < -0.39 is 0 Å². The van der Waals surface area contributed by atoms with Crippen LogP contribution in [0.1, 0.15) is 31.1 Å². The maximum absolute atomic E-state index is 5.97. The summed E-state index contributed by atoms with van der Waals surface area (Å²) in [5, 5.41) is 0.629. The van der Waals surface area contributed by atoms with Gasteiger partial charge in [0.05, 0.1) is 7.11 Å². The highest BCUT2D eigenvalue weighted by molar-refractivity contribution is 7.99. The lowest BCUT2D eigenvalue weighted by molar-refractivity contribution is 0.398. The summed E-state index contributed by atoms with van der Waals surface area (Å²) in [5.74, 6) is 2.27. The van der Waals surface area contributed by atoms with Crippen molar-refractivity contribution >= 4 is 34.5 Å². The van der Waals surface area contributed by atoms with Crippen LogP contribution in [0.25, 0.3) is 11.2 Å². The fraction of sp³-hybridized carbons (Fsp3) is 0.600. The van der Waals surface area contributed by atoms with Crippen LogP contribution in [-0.4, -0.2) is 39.0 Å². The third-order valence-electron chi connectivity index (χ3n) is 4.16.